The van der Waals surface area contributed by atoms with Crippen LogP contribution in [0.25, 0.3) is 0 Å². The molecule has 0 heterocycles. The van der Waals surface area contributed by atoms with Gasteiger partial charge < -0.3 is 5.32 Å². The summed E-state index contributed by atoms with van der Waals surface area (Å²) < 4.78 is 0. The first-order valence-corrected chi connectivity index (χ1v) is 8.36. The van der Waals surface area contributed by atoms with Crippen LogP contribution in [0.4, 0.5) is 0 Å². The number of amides is 1. The maximum atomic E-state index is 12.3. The highest BCUT2D eigenvalue weighted by Crippen LogP contribution is 2.32. The van der Waals surface area contributed by atoms with Crippen molar-refractivity contribution in [3.8, 4) is 6.07 Å². The van der Waals surface area contributed by atoms with Crippen molar-refractivity contribution in [3.63, 3.8) is 0 Å². The van der Waals surface area contributed by atoms with Gasteiger partial charge in [0.05, 0.1) is 11.1 Å². The van der Waals surface area contributed by atoms with Crippen molar-refractivity contribution in [1.82, 2.24) is 5.32 Å². The third-order valence-corrected chi connectivity index (χ3v) is 4.45. The molecule has 0 aliphatic rings. The highest BCUT2D eigenvalue weighted by atomic mass is 32.2. The van der Waals surface area contributed by atoms with Gasteiger partial charge in [-0.25, -0.2) is 0 Å². The summed E-state index contributed by atoms with van der Waals surface area (Å²) in [5.74, 6) is 0.644. The second kappa shape index (κ2) is 8.52. The average molecular weight is 328 g/mol. The normalized spacial score (nSPS) is 10.0. The summed E-state index contributed by atoms with van der Waals surface area (Å²) in [5.41, 5.74) is 1.23. The highest BCUT2D eigenvalue weighted by Gasteiger charge is 2.12. The van der Waals surface area contributed by atoms with E-state index in [1.165, 1.54) is 11.8 Å². The lowest BCUT2D eigenvalue weighted by Gasteiger charge is -2.10. The van der Waals surface area contributed by atoms with Crippen molar-refractivity contribution in [2.75, 3.05) is 12.3 Å². The summed E-state index contributed by atoms with van der Waals surface area (Å²) >= 11 is 5.57. The van der Waals surface area contributed by atoms with E-state index in [1.54, 1.807) is 12.1 Å². The van der Waals surface area contributed by atoms with Crippen LogP contribution in [0, 0.1) is 11.3 Å². The SMILES string of the molecule is N#Cc1ccccc1Sc1ccccc1C(=O)NCCCS. The van der Waals surface area contributed by atoms with Gasteiger partial charge in [-0.15, -0.1) is 0 Å². The maximum absolute atomic E-state index is 12.3. The predicted molar refractivity (Wildman–Crippen MR) is 92.5 cm³/mol. The Bertz CT molecular complexity index is 695. The number of hydrogen-bond acceptors (Lipinski definition) is 4. The molecule has 2 rings (SSSR count). The van der Waals surface area contributed by atoms with Crippen molar-refractivity contribution in [3.05, 3.63) is 59.7 Å². The minimum Gasteiger partial charge on any atom is -0.352 e. The van der Waals surface area contributed by atoms with Crippen LogP contribution in [0.5, 0.6) is 0 Å². The van der Waals surface area contributed by atoms with Crippen LogP contribution in [0.15, 0.2) is 58.3 Å². The Labute approximate surface area is 140 Å². The molecule has 0 radical (unpaired) electrons. The molecule has 0 atom stereocenters. The summed E-state index contributed by atoms with van der Waals surface area (Å²) in [5, 5.41) is 12.1. The second-order valence-electron chi connectivity index (χ2n) is 4.54. The number of carbonyl (C=O) groups is 1. The molecular formula is C17H16N2OS2. The van der Waals surface area contributed by atoms with Gasteiger partial charge in [-0.05, 0) is 36.4 Å². The number of nitriles is 1. The van der Waals surface area contributed by atoms with Gasteiger partial charge in [0, 0.05) is 16.3 Å². The van der Waals surface area contributed by atoms with E-state index >= 15 is 0 Å². The molecule has 0 bridgehead atoms. The van der Waals surface area contributed by atoms with Gasteiger partial charge in [-0.2, -0.15) is 17.9 Å². The molecule has 0 spiro atoms. The molecule has 112 valence electrons. The van der Waals surface area contributed by atoms with Gasteiger partial charge in [-0.1, -0.05) is 36.0 Å². The molecule has 0 aliphatic heterocycles. The Morgan fingerprint density at radius 2 is 1.82 bits per heavy atom. The predicted octanol–water partition coefficient (Wildman–Crippen LogP) is 3.76. The monoisotopic (exact) mass is 328 g/mol. The lowest BCUT2D eigenvalue weighted by Crippen LogP contribution is -2.25. The fourth-order valence-electron chi connectivity index (χ4n) is 1.89. The molecule has 0 saturated carbocycles. The van der Waals surface area contributed by atoms with Gasteiger partial charge in [0.15, 0.2) is 0 Å². The number of benzene rings is 2. The molecule has 1 amide bonds. The fourth-order valence-corrected chi connectivity index (χ4v) is 3.07. The van der Waals surface area contributed by atoms with Crippen molar-refractivity contribution in [2.45, 2.75) is 16.2 Å². The Morgan fingerprint density at radius 3 is 2.55 bits per heavy atom. The molecule has 5 heteroatoms. The maximum Gasteiger partial charge on any atom is 0.252 e. The third-order valence-electron chi connectivity index (χ3n) is 2.98. The first-order chi connectivity index (χ1) is 10.8. The molecule has 2 aromatic rings. The Kier molecular flexibility index (Phi) is 6.38. The molecule has 0 aliphatic carbocycles. The number of rotatable bonds is 6. The summed E-state index contributed by atoms with van der Waals surface area (Å²) in [7, 11) is 0. The van der Waals surface area contributed by atoms with Crippen LogP contribution in [0.3, 0.4) is 0 Å². The zero-order valence-electron chi connectivity index (χ0n) is 12.0. The van der Waals surface area contributed by atoms with Gasteiger partial charge in [0.1, 0.15) is 6.07 Å². The van der Waals surface area contributed by atoms with E-state index in [9.17, 15) is 4.79 Å². The third kappa shape index (κ3) is 4.30. The molecule has 2 aromatic carbocycles. The Hall–Kier alpha value is -1.90. The number of nitrogens with one attached hydrogen (secondary N) is 1. The first kappa shape index (κ1) is 16.5. The number of carbonyl (C=O) groups excluding carboxylic acids is 1. The first-order valence-electron chi connectivity index (χ1n) is 6.91. The van der Waals surface area contributed by atoms with Crippen LogP contribution in [0.2, 0.25) is 0 Å². The zero-order valence-corrected chi connectivity index (χ0v) is 13.7. The van der Waals surface area contributed by atoms with E-state index in [0.717, 1.165) is 22.0 Å². The van der Waals surface area contributed by atoms with E-state index in [0.29, 0.717) is 17.7 Å². The molecule has 22 heavy (non-hydrogen) atoms. The van der Waals surface area contributed by atoms with E-state index < -0.39 is 0 Å². The van der Waals surface area contributed by atoms with Gasteiger partial charge >= 0.3 is 0 Å². The average Bonchev–Trinajstić information content (AvgIpc) is 2.56. The second-order valence-corrected chi connectivity index (χ2v) is 6.07. The summed E-state index contributed by atoms with van der Waals surface area (Å²) in [4.78, 5) is 14.0. The van der Waals surface area contributed by atoms with Crippen molar-refractivity contribution >= 4 is 30.3 Å². The van der Waals surface area contributed by atoms with Gasteiger partial charge in [0.2, 0.25) is 0 Å². The smallest absolute Gasteiger partial charge is 0.252 e. The van der Waals surface area contributed by atoms with Gasteiger partial charge in [0.25, 0.3) is 5.91 Å². The quantitative estimate of drug-likeness (QED) is 0.627. The highest BCUT2D eigenvalue weighted by molar-refractivity contribution is 7.99. The lowest BCUT2D eigenvalue weighted by atomic mass is 10.2. The molecule has 0 fully saturated rings. The fraction of sp³-hybridized carbons (Fsp3) is 0.176. The molecule has 3 nitrogen and oxygen atoms in total. The number of thiol groups is 1. The lowest BCUT2D eigenvalue weighted by molar-refractivity contribution is 0.0951. The van der Waals surface area contributed by atoms with E-state index in [1.807, 2.05) is 36.4 Å². The minimum absolute atomic E-state index is 0.0978. The summed E-state index contributed by atoms with van der Waals surface area (Å²) in [6.07, 6.45) is 0.835. The Balaban J connectivity index is 2.22. The van der Waals surface area contributed by atoms with E-state index in [2.05, 4.69) is 24.0 Å². The minimum atomic E-state index is -0.0978. The van der Waals surface area contributed by atoms with Crippen LogP contribution in [-0.2, 0) is 0 Å². The molecule has 0 aromatic heterocycles. The molecule has 0 unspecified atom stereocenters. The van der Waals surface area contributed by atoms with E-state index in [4.69, 9.17) is 5.26 Å². The summed E-state index contributed by atoms with van der Waals surface area (Å²) in [6.45, 7) is 0.607. The van der Waals surface area contributed by atoms with Crippen molar-refractivity contribution in [2.24, 2.45) is 0 Å². The van der Waals surface area contributed by atoms with Crippen LogP contribution in [-0.4, -0.2) is 18.2 Å². The number of nitrogens with zero attached hydrogens (tertiary/aromatic N) is 1. The standard InChI is InChI=1S/C17H16N2OS2/c18-12-13-6-1-3-8-15(13)22-16-9-4-2-7-14(16)17(20)19-10-5-11-21/h1-4,6-9,21H,5,10-11H2,(H,19,20). The van der Waals surface area contributed by atoms with Gasteiger partial charge in [-0.3, -0.25) is 4.79 Å². The largest absolute Gasteiger partial charge is 0.352 e. The topological polar surface area (TPSA) is 52.9 Å². The molecule has 1 N–H and O–H groups in total. The number of hydrogen-bond donors (Lipinski definition) is 2. The van der Waals surface area contributed by atoms with Crippen LogP contribution in [0.1, 0.15) is 22.3 Å². The summed E-state index contributed by atoms with van der Waals surface area (Å²) in [6, 6.07) is 17.0. The molecular weight excluding hydrogens is 312 g/mol. The Morgan fingerprint density at radius 1 is 1.14 bits per heavy atom. The molecule has 0 saturated heterocycles. The van der Waals surface area contributed by atoms with Crippen LogP contribution >= 0.6 is 24.4 Å². The zero-order chi connectivity index (χ0) is 15.8. The van der Waals surface area contributed by atoms with Crippen molar-refractivity contribution < 1.29 is 4.79 Å². The van der Waals surface area contributed by atoms with Crippen LogP contribution < -0.4 is 5.32 Å². The van der Waals surface area contributed by atoms with E-state index in [-0.39, 0.29) is 5.91 Å². The van der Waals surface area contributed by atoms with Crippen molar-refractivity contribution in [1.29, 1.82) is 5.26 Å².